The Morgan fingerprint density at radius 2 is 2.06 bits per heavy atom. The second-order valence-electron chi connectivity index (χ2n) is 3.92. The molecule has 0 radical (unpaired) electrons. The minimum Gasteiger partial charge on any atom is -0.495 e. The van der Waals surface area contributed by atoms with E-state index >= 15 is 0 Å². The molecule has 0 bridgehead atoms. The Bertz CT molecular complexity index is 508. The van der Waals surface area contributed by atoms with E-state index in [4.69, 9.17) is 4.74 Å². The molecule has 1 rings (SSSR count). The summed E-state index contributed by atoms with van der Waals surface area (Å²) >= 11 is 0. The summed E-state index contributed by atoms with van der Waals surface area (Å²) in [5, 5.41) is 9.28. The van der Waals surface area contributed by atoms with Crippen LogP contribution >= 0.6 is 0 Å². The number of halogens is 1. The lowest BCUT2D eigenvalue weighted by atomic mass is 10.1. The van der Waals surface area contributed by atoms with Crippen molar-refractivity contribution < 1.29 is 22.7 Å². The minimum absolute atomic E-state index is 0.0924. The minimum atomic E-state index is -3.57. The molecule has 0 aliphatic rings. The van der Waals surface area contributed by atoms with Gasteiger partial charge in [0.1, 0.15) is 16.5 Å². The monoisotopic (exact) mass is 262 g/mol. The van der Waals surface area contributed by atoms with E-state index in [0.29, 0.717) is 5.56 Å². The molecule has 0 saturated carbocycles. The summed E-state index contributed by atoms with van der Waals surface area (Å²) in [6.45, 7) is 1.53. The average Bonchev–Trinajstić information content (AvgIpc) is 2.14. The highest BCUT2D eigenvalue weighted by Crippen LogP contribution is 2.30. The molecule has 1 aromatic carbocycles. The van der Waals surface area contributed by atoms with E-state index in [1.54, 1.807) is 0 Å². The Balaban J connectivity index is 3.46. The third-order valence-corrected chi connectivity index (χ3v) is 3.32. The van der Waals surface area contributed by atoms with Crippen molar-refractivity contribution in [1.29, 1.82) is 0 Å². The van der Waals surface area contributed by atoms with Gasteiger partial charge in [-0.15, -0.1) is 0 Å². The number of hydrogen-bond acceptors (Lipinski definition) is 4. The Morgan fingerprint density at radius 1 is 1.47 bits per heavy atom. The molecule has 4 nitrogen and oxygen atoms in total. The maximum Gasteiger partial charge on any atom is 0.179 e. The zero-order valence-corrected chi connectivity index (χ0v) is 10.7. The molecule has 96 valence electrons. The zero-order valence-electron chi connectivity index (χ0n) is 9.90. The third kappa shape index (κ3) is 3.41. The van der Waals surface area contributed by atoms with Gasteiger partial charge in [0.05, 0.1) is 13.2 Å². The zero-order chi connectivity index (χ0) is 13.2. The van der Waals surface area contributed by atoms with Gasteiger partial charge >= 0.3 is 0 Å². The topological polar surface area (TPSA) is 63.6 Å². The highest BCUT2D eigenvalue weighted by Gasteiger charge is 2.20. The van der Waals surface area contributed by atoms with Gasteiger partial charge in [0.25, 0.3) is 0 Å². The summed E-state index contributed by atoms with van der Waals surface area (Å²) in [6.07, 6.45) is 0.401. The van der Waals surface area contributed by atoms with Gasteiger partial charge in [0, 0.05) is 18.2 Å². The largest absolute Gasteiger partial charge is 0.495 e. The molecule has 0 aliphatic carbocycles. The molecule has 0 aromatic heterocycles. The van der Waals surface area contributed by atoms with Gasteiger partial charge in [-0.3, -0.25) is 0 Å². The van der Waals surface area contributed by atoms with Crippen LogP contribution in [-0.2, 0) is 16.3 Å². The summed E-state index contributed by atoms with van der Waals surface area (Å²) in [7, 11) is -2.26. The molecule has 0 fully saturated rings. The van der Waals surface area contributed by atoms with Crippen LogP contribution in [0.1, 0.15) is 12.5 Å². The van der Waals surface area contributed by atoms with Crippen LogP contribution in [0.5, 0.6) is 5.75 Å². The lowest BCUT2D eigenvalue weighted by molar-refractivity contribution is 0.194. The first-order chi connectivity index (χ1) is 7.75. The number of hydrogen-bond donors (Lipinski definition) is 1. The summed E-state index contributed by atoms with van der Waals surface area (Å²) in [5.41, 5.74) is 0.336. The van der Waals surface area contributed by atoms with Crippen molar-refractivity contribution in [1.82, 2.24) is 0 Å². The molecule has 1 aromatic rings. The van der Waals surface area contributed by atoms with Gasteiger partial charge in [0.15, 0.2) is 9.84 Å². The van der Waals surface area contributed by atoms with Crippen LogP contribution in [-0.4, -0.2) is 33.0 Å². The average molecular weight is 262 g/mol. The molecule has 0 spiro atoms. The van der Waals surface area contributed by atoms with Crippen molar-refractivity contribution in [2.45, 2.75) is 24.3 Å². The van der Waals surface area contributed by atoms with E-state index in [1.165, 1.54) is 20.1 Å². The lowest BCUT2D eigenvalue weighted by Crippen LogP contribution is -2.09. The SMILES string of the molecule is COc1c(CC(C)O)cc(F)cc1S(C)(=O)=O. The summed E-state index contributed by atoms with van der Waals surface area (Å²) in [4.78, 5) is -0.198. The molecule has 0 aliphatic heterocycles. The van der Waals surface area contributed by atoms with Crippen LogP contribution < -0.4 is 4.74 Å². The molecule has 0 heterocycles. The summed E-state index contributed by atoms with van der Waals surface area (Å²) < 4.78 is 41.3. The summed E-state index contributed by atoms with van der Waals surface area (Å²) in [6, 6.07) is 2.08. The van der Waals surface area contributed by atoms with Crippen molar-refractivity contribution in [3.8, 4) is 5.75 Å². The molecule has 1 unspecified atom stereocenters. The number of aliphatic hydroxyl groups excluding tert-OH is 1. The van der Waals surface area contributed by atoms with Crippen LogP contribution in [0, 0.1) is 5.82 Å². The predicted molar refractivity (Wildman–Crippen MR) is 61.4 cm³/mol. The van der Waals surface area contributed by atoms with Crippen LogP contribution in [0.25, 0.3) is 0 Å². The van der Waals surface area contributed by atoms with Gasteiger partial charge in [-0.2, -0.15) is 0 Å². The number of methoxy groups -OCH3 is 1. The summed E-state index contributed by atoms with van der Waals surface area (Å²) in [5.74, 6) is -0.573. The first-order valence-corrected chi connectivity index (χ1v) is 6.89. The van der Waals surface area contributed by atoms with Crippen molar-refractivity contribution in [2.75, 3.05) is 13.4 Å². The van der Waals surface area contributed by atoms with E-state index in [9.17, 15) is 17.9 Å². The van der Waals surface area contributed by atoms with Crippen LogP contribution in [0.4, 0.5) is 4.39 Å². The fourth-order valence-corrected chi connectivity index (χ4v) is 2.48. The molecule has 1 N–H and O–H groups in total. The molecule has 17 heavy (non-hydrogen) atoms. The lowest BCUT2D eigenvalue weighted by Gasteiger charge is -2.14. The van der Waals surface area contributed by atoms with E-state index in [2.05, 4.69) is 0 Å². The highest BCUT2D eigenvalue weighted by atomic mass is 32.2. The molecular weight excluding hydrogens is 247 g/mol. The molecule has 1 atom stereocenters. The first kappa shape index (κ1) is 13.9. The number of benzene rings is 1. The maximum atomic E-state index is 13.3. The normalized spacial score (nSPS) is 13.5. The Morgan fingerprint density at radius 3 is 2.47 bits per heavy atom. The number of aliphatic hydroxyl groups is 1. The second kappa shape index (κ2) is 5.01. The van der Waals surface area contributed by atoms with Gasteiger partial charge in [-0.1, -0.05) is 0 Å². The second-order valence-corrected chi connectivity index (χ2v) is 5.91. The third-order valence-electron chi connectivity index (χ3n) is 2.22. The van der Waals surface area contributed by atoms with Gasteiger partial charge < -0.3 is 9.84 Å². The number of ether oxygens (including phenoxy) is 1. The Kier molecular flexibility index (Phi) is 4.11. The molecule has 0 saturated heterocycles. The molecular formula is C11H15FO4S. The van der Waals surface area contributed by atoms with Gasteiger partial charge in [-0.25, -0.2) is 12.8 Å². The fraction of sp³-hybridized carbons (Fsp3) is 0.455. The van der Waals surface area contributed by atoms with Crippen LogP contribution in [0.15, 0.2) is 17.0 Å². The maximum absolute atomic E-state index is 13.3. The smallest absolute Gasteiger partial charge is 0.179 e. The number of sulfone groups is 1. The quantitative estimate of drug-likeness (QED) is 0.884. The fourth-order valence-electron chi connectivity index (χ4n) is 1.60. The van der Waals surface area contributed by atoms with Crippen molar-refractivity contribution in [3.05, 3.63) is 23.5 Å². The van der Waals surface area contributed by atoms with Crippen molar-refractivity contribution in [2.24, 2.45) is 0 Å². The van der Waals surface area contributed by atoms with Gasteiger partial charge in [0.2, 0.25) is 0 Å². The highest BCUT2D eigenvalue weighted by molar-refractivity contribution is 7.90. The van der Waals surface area contributed by atoms with Crippen molar-refractivity contribution in [3.63, 3.8) is 0 Å². The van der Waals surface area contributed by atoms with Crippen LogP contribution in [0.2, 0.25) is 0 Å². The van der Waals surface area contributed by atoms with Crippen LogP contribution in [0.3, 0.4) is 0 Å². The van der Waals surface area contributed by atoms with Crippen molar-refractivity contribution >= 4 is 9.84 Å². The van der Waals surface area contributed by atoms with E-state index in [1.807, 2.05) is 0 Å². The molecule has 0 amide bonds. The Labute approximate surface area is 100.0 Å². The van der Waals surface area contributed by atoms with Gasteiger partial charge in [-0.05, 0) is 19.1 Å². The Hall–Kier alpha value is -1.14. The van der Waals surface area contributed by atoms with E-state index < -0.39 is 21.8 Å². The number of rotatable bonds is 4. The standard InChI is InChI=1S/C11H15FO4S/c1-7(13)4-8-5-9(12)6-10(11(8)16-2)17(3,14)15/h5-7,13H,4H2,1-3H3. The molecule has 6 heteroatoms. The first-order valence-electron chi connectivity index (χ1n) is 5.00. The van der Waals surface area contributed by atoms with E-state index in [0.717, 1.165) is 12.3 Å². The predicted octanol–water partition coefficient (Wildman–Crippen LogP) is 1.16. The van der Waals surface area contributed by atoms with E-state index in [-0.39, 0.29) is 17.1 Å².